The fraction of sp³-hybridized carbons (Fsp3) is 0.938. The van der Waals surface area contributed by atoms with Crippen molar-refractivity contribution in [1.82, 2.24) is 4.90 Å². The van der Waals surface area contributed by atoms with Crippen LogP contribution >= 0.6 is 0 Å². The highest BCUT2D eigenvalue weighted by Crippen LogP contribution is 2.36. The van der Waals surface area contributed by atoms with E-state index in [0.717, 1.165) is 58.2 Å². The number of carboxylic acids is 1. The summed E-state index contributed by atoms with van der Waals surface area (Å²) in [5.74, 6) is -0.526. The molecule has 1 heterocycles. The molecule has 1 unspecified atom stereocenters. The normalized spacial score (nSPS) is 28.2. The highest BCUT2D eigenvalue weighted by atomic mass is 16.4. The van der Waals surface area contributed by atoms with Gasteiger partial charge in [0.1, 0.15) is 0 Å². The maximum Gasteiger partial charge on any atom is 0.309 e. The molecule has 0 aromatic heterocycles. The number of likely N-dealkylation sites (tertiary alicyclic amines) is 1. The topological polar surface area (TPSA) is 60.8 Å². The third-order valence-electron chi connectivity index (χ3n) is 5.38. The predicted octanol–water partition coefficient (Wildman–Crippen LogP) is 2.50. The van der Waals surface area contributed by atoms with Gasteiger partial charge in [0.25, 0.3) is 0 Å². The van der Waals surface area contributed by atoms with Gasteiger partial charge < -0.3 is 15.1 Å². The first-order valence-corrected chi connectivity index (χ1v) is 8.02. The Morgan fingerprint density at radius 1 is 1.25 bits per heavy atom. The third kappa shape index (κ3) is 3.53. The highest BCUT2D eigenvalue weighted by molar-refractivity contribution is 5.74. The van der Waals surface area contributed by atoms with Crippen molar-refractivity contribution in [1.29, 1.82) is 0 Å². The van der Waals surface area contributed by atoms with Crippen molar-refractivity contribution in [3.05, 3.63) is 0 Å². The van der Waals surface area contributed by atoms with Gasteiger partial charge in [-0.25, -0.2) is 0 Å². The molecule has 4 nitrogen and oxygen atoms in total. The minimum atomic E-state index is -0.708. The SMILES string of the molecule is CC(C)(C(=O)O)C1CCCN(CC2(O)CCCCC2)C1. The maximum atomic E-state index is 11.4. The first-order chi connectivity index (χ1) is 9.33. The Morgan fingerprint density at radius 2 is 1.90 bits per heavy atom. The summed E-state index contributed by atoms with van der Waals surface area (Å²) in [6.07, 6.45) is 7.29. The fourth-order valence-electron chi connectivity index (χ4n) is 3.75. The van der Waals surface area contributed by atoms with E-state index >= 15 is 0 Å². The van der Waals surface area contributed by atoms with Gasteiger partial charge in [-0.2, -0.15) is 0 Å². The van der Waals surface area contributed by atoms with Crippen molar-refractivity contribution >= 4 is 5.97 Å². The average Bonchev–Trinajstić information content (AvgIpc) is 2.39. The second kappa shape index (κ2) is 6.02. The number of aliphatic carboxylic acids is 1. The quantitative estimate of drug-likeness (QED) is 0.832. The van der Waals surface area contributed by atoms with Gasteiger partial charge >= 0.3 is 5.97 Å². The minimum absolute atomic E-state index is 0.181. The molecule has 1 aliphatic heterocycles. The van der Waals surface area contributed by atoms with Crippen LogP contribution in [0.2, 0.25) is 0 Å². The van der Waals surface area contributed by atoms with Gasteiger partial charge in [-0.15, -0.1) is 0 Å². The largest absolute Gasteiger partial charge is 0.481 e. The van der Waals surface area contributed by atoms with Crippen LogP contribution in [0.15, 0.2) is 0 Å². The number of hydrogen-bond acceptors (Lipinski definition) is 3. The summed E-state index contributed by atoms with van der Waals surface area (Å²) in [4.78, 5) is 13.7. The number of piperidine rings is 1. The molecule has 2 aliphatic rings. The Kier molecular flexibility index (Phi) is 4.75. The van der Waals surface area contributed by atoms with Gasteiger partial charge in [0.05, 0.1) is 11.0 Å². The Morgan fingerprint density at radius 3 is 2.50 bits per heavy atom. The minimum Gasteiger partial charge on any atom is -0.481 e. The molecular weight excluding hydrogens is 254 g/mol. The van der Waals surface area contributed by atoms with Crippen molar-refractivity contribution in [2.24, 2.45) is 11.3 Å². The zero-order valence-electron chi connectivity index (χ0n) is 12.9. The van der Waals surface area contributed by atoms with Crippen molar-refractivity contribution < 1.29 is 15.0 Å². The summed E-state index contributed by atoms with van der Waals surface area (Å²) in [6.45, 7) is 6.19. The second-order valence-electron chi connectivity index (χ2n) is 7.39. The van der Waals surface area contributed by atoms with Crippen LogP contribution in [0.5, 0.6) is 0 Å². The molecule has 1 saturated heterocycles. The van der Waals surface area contributed by atoms with Gasteiger partial charge in [0.15, 0.2) is 0 Å². The number of nitrogens with zero attached hydrogens (tertiary/aromatic N) is 1. The number of carboxylic acid groups (broad SMARTS) is 1. The van der Waals surface area contributed by atoms with Crippen LogP contribution in [0, 0.1) is 11.3 Å². The fourth-order valence-corrected chi connectivity index (χ4v) is 3.75. The van der Waals surface area contributed by atoms with E-state index in [0.29, 0.717) is 0 Å². The summed E-state index contributed by atoms with van der Waals surface area (Å²) >= 11 is 0. The highest BCUT2D eigenvalue weighted by Gasteiger charge is 2.40. The van der Waals surface area contributed by atoms with E-state index in [-0.39, 0.29) is 5.92 Å². The standard InChI is InChI=1S/C16H29NO3/c1-15(2,14(18)19)13-7-6-10-17(11-13)12-16(20)8-4-3-5-9-16/h13,20H,3-12H2,1-2H3,(H,18,19). The van der Waals surface area contributed by atoms with Gasteiger partial charge in [-0.3, -0.25) is 4.79 Å². The molecule has 0 bridgehead atoms. The van der Waals surface area contributed by atoms with E-state index in [4.69, 9.17) is 0 Å². The van der Waals surface area contributed by atoms with Crippen LogP contribution in [0.1, 0.15) is 58.8 Å². The van der Waals surface area contributed by atoms with Crippen molar-refractivity contribution in [3.63, 3.8) is 0 Å². The van der Waals surface area contributed by atoms with E-state index in [1.807, 2.05) is 13.8 Å². The maximum absolute atomic E-state index is 11.4. The van der Waals surface area contributed by atoms with E-state index in [1.54, 1.807) is 0 Å². The number of β-amino-alcohol motifs (C(OH)–C–C–N with tert-alkyl or cyclic N) is 1. The van der Waals surface area contributed by atoms with Gasteiger partial charge in [-0.05, 0) is 52.0 Å². The van der Waals surface area contributed by atoms with E-state index in [2.05, 4.69) is 4.90 Å². The van der Waals surface area contributed by atoms with Crippen LogP contribution in [0.4, 0.5) is 0 Å². The molecule has 116 valence electrons. The molecule has 2 rings (SSSR count). The summed E-state index contributed by atoms with van der Waals surface area (Å²) in [5, 5.41) is 20.0. The molecule has 0 aromatic rings. The summed E-state index contributed by atoms with van der Waals surface area (Å²) < 4.78 is 0. The Balaban J connectivity index is 1.95. The molecule has 2 N–H and O–H groups in total. The first-order valence-electron chi connectivity index (χ1n) is 8.02. The van der Waals surface area contributed by atoms with Crippen LogP contribution in [0.25, 0.3) is 0 Å². The molecule has 20 heavy (non-hydrogen) atoms. The smallest absolute Gasteiger partial charge is 0.309 e. The number of hydrogen-bond donors (Lipinski definition) is 2. The van der Waals surface area contributed by atoms with Crippen LogP contribution in [-0.4, -0.2) is 46.3 Å². The molecule has 1 saturated carbocycles. The number of aliphatic hydroxyl groups is 1. The Hall–Kier alpha value is -0.610. The van der Waals surface area contributed by atoms with E-state index < -0.39 is 17.0 Å². The average molecular weight is 283 g/mol. The first kappa shape index (κ1) is 15.8. The van der Waals surface area contributed by atoms with Crippen molar-refractivity contribution in [3.8, 4) is 0 Å². The Bertz CT molecular complexity index is 348. The molecule has 0 amide bonds. The second-order valence-corrected chi connectivity index (χ2v) is 7.39. The lowest BCUT2D eigenvalue weighted by Gasteiger charge is -2.43. The molecule has 0 spiro atoms. The zero-order valence-corrected chi connectivity index (χ0v) is 12.9. The van der Waals surface area contributed by atoms with Crippen LogP contribution in [0.3, 0.4) is 0 Å². The monoisotopic (exact) mass is 283 g/mol. The van der Waals surface area contributed by atoms with Gasteiger partial charge in [-0.1, -0.05) is 19.3 Å². The summed E-state index contributed by atoms with van der Waals surface area (Å²) in [7, 11) is 0. The molecule has 0 aromatic carbocycles. The number of rotatable bonds is 4. The predicted molar refractivity (Wildman–Crippen MR) is 78.6 cm³/mol. The molecule has 1 atom stereocenters. The molecule has 1 aliphatic carbocycles. The van der Waals surface area contributed by atoms with E-state index in [1.165, 1.54) is 6.42 Å². The third-order valence-corrected chi connectivity index (χ3v) is 5.38. The van der Waals surface area contributed by atoms with Gasteiger partial charge in [0, 0.05) is 13.1 Å². The molecular formula is C16H29NO3. The summed E-state index contributed by atoms with van der Waals surface area (Å²) in [5.41, 5.74) is -1.21. The lowest BCUT2D eigenvalue weighted by molar-refractivity contribution is -0.151. The molecule has 0 radical (unpaired) electrons. The lowest BCUT2D eigenvalue weighted by atomic mass is 9.74. The van der Waals surface area contributed by atoms with Crippen molar-refractivity contribution in [2.75, 3.05) is 19.6 Å². The molecule has 2 fully saturated rings. The van der Waals surface area contributed by atoms with Crippen LogP contribution in [-0.2, 0) is 4.79 Å². The molecule has 4 heteroatoms. The zero-order chi connectivity index (χ0) is 14.8. The van der Waals surface area contributed by atoms with E-state index in [9.17, 15) is 15.0 Å². The lowest BCUT2D eigenvalue weighted by Crippen LogP contribution is -2.50. The Labute approximate surface area is 122 Å². The summed E-state index contributed by atoms with van der Waals surface area (Å²) in [6, 6.07) is 0. The van der Waals surface area contributed by atoms with Crippen molar-refractivity contribution in [2.45, 2.75) is 64.4 Å². The van der Waals surface area contributed by atoms with Crippen LogP contribution < -0.4 is 0 Å². The van der Waals surface area contributed by atoms with Gasteiger partial charge in [0.2, 0.25) is 0 Å². The number of carbonyl (C=O) groups is 1.